The zero-order valence-electron chi connectivity index (χ0n) is 16.3. The normalized spacial score (nSPS) is 11.0. The van der Waals surface area contributed by atoms with Crippen LogP contribution in [0.5, 0.6) is 0 Å². The highest BCUT2D eigenvalue weighted by molar-refractivity contribution is 5.92. The molecular formula is C25H21NO4. The van der Waals surface area contributed by atoms with Crippen LogP contribution in [-0.2, 0) is 13.0 Å². The van der Waals surface area contributed by atoms with Gasteiger partial charge in [-0.2, -0.15) is 0 Å². The molecular weight excluding hydrogens is 378 g/mol. The average Bonchev–Trinajstić information content (AvgIpc) is 2.76. The molecule has 0 aliphatic heterocycles. The standard InChI is InChI=1S/C25H21NO4/c27-13-12-26-16-22(25(29)30)24(28)21-15-17(10-11-23(21)26)14-19-8-4-5-9-20(19)18-6-2-1-3-7-18/h1-11,15-16,27H,12-14H2,(H,29,30). The van der Waals surface area contributed by atoms with Crippen LogP contribution < -0.4 is 5.43 Å². The fourth-order valence-electron chi connectivity index (χ4n) is 3.79. The molecule has 0 saturated heterocycles. The van der Waals surface area contributed by atoms with Crippen LogP contribution in [0.25, 0.3) is 22.0 Å². The third kappa shape index (κ3) is 3.75. The highest BCUT2D eigenvalue weighted by atomic mass is 16.4. The van der Waals surface area contributed by atoms with Gasteiger partial charge in [-0.1, -0.05) is 60.7 Å². The van der Waals surface area contributed by atoms with E-state index >= 15 is 0 Å². The van der Waals surface area contributed by atoms with E-state index in [1.54, 1.807) is 10.6 Å². The van der Waals surface area contributed by atoms with Crippen molar-refractivity contribution in [2.75, 3.05) is 6.61 Å². The Morgan fingerprint density at radius 2 is 1.67 bits per heavy atom. The molecule has 0 fully saturated rings. The molecule has 0 bridgehead atoms. The van der Waals surface area contributed by atoms with E-state index in [1.165, 1.54) is 6.20 Å². The molecule has 5 nitrogen and oxygen atoms in total. The maximum absolute atomic E-state index is 12.8. The molecule has 0 spiro atoms. The number of aromatic nitrogens is 1. The minimum Gasteiger partial charge on any atom is -0.477 e. The predicted molar refractivity (Wildman–Crippen MR) is 117 cm³/mol. The molecule has 0 radical (unpaired) electrons. The van der Waals surface area contributed by atoms with Gasteiger partial charge < -0.3 is 14.8 Å². The number of carbonyl (C=O) groups is 1. The van der Waals surface area contributed by atoms with Crippen molar-refractivity contribution >= 4 is 16.9 Å². The fourth-order valence-corrected chi connectivity index (χ4v) is 3.79. The molecule has 3 aromatic carbocycles. The van der Waals surface area contributed by atoms with Gasteiger partial charge in [0.2, 0.25) is 5.43 Å². The Hall–Kier alpha value is -3.70. The molecule has 1 heterocycles. The van der Waals surface area contributed by atoms with Crippen LogP contribution in [0, 0.1) is 0 Å². The highest BCUT2D eigenvalue weighted by Gasteiger charge is 2.15. The van der Waals surface area contributed by atoms with Crippen molar-refractivity contribution in [2.45, 2.75) is 13.0 Å². The van der Waals surface area contributed by atoms with Gasteiger partial charge in [0.25, 0.3) is 0 Å². The third-order valence-electron chi connectivity index (χ3n) is 5.21. The number of benzene rings is 3. The maximum atomic E-state index is 12.8. The lowest BCUT2D eigenvalue weighted by Gasteiger charge is -2.13. The number of hydrogen-bond donors (Lipinski definition) is 2. The first-order valence-electron chi connectivity index (χ1n) is 9.72. The molecule has 5 heteroatoms. The lowest BCUT2D eigenvalue weighted by Crippen LogP contribution is -2.19. The number of rotatable bonds is 6. The van der Waals surface area contributed by atoms with Crippen LogP contribution in [0.1, 0.15) is 21.5 Å². The van der Waals surface area contributed by atoms with E-state index in [-0.39, 0.29) is 18.7 Å². The number of pyridine rings is 1. The largest absolute Gasteiger partial charge is 0.477 e. The Balaban J connectivity index is 1.81. The topological polar surface area (TPSA) is 79.5 Å². The van der Waals surface area contributed by atoms with Crippen LogP contribution in [0.15, 0.2) is 83.8 Å². The van der Waals surface area contributed by atoms with Gasteiger partial charge in [0.15, 0.2) is 0 Å². The van der Waals surface area contributed by atoms with Gasteiger partial charge in [-0.3, -0.25) is 4.79 Å². The summed E-state index contributed by atoms with van der Waals surface area (Å²) in [5.74, 6) is -1.27. The summed E-state index contributed by atoms with van der Waals surface area (Å²) in [6, 6.07) is 23.7. The van der Waals surface area contributed by atoms with Crippen molar-refractivity contribution < 1.29 is 15.0 Å². The van der Waals surface area contributed by atoms with E-state index in [4.69, 9.17) is 0 Å². The summed E-state index contributed by atoms with van der Waals surface area (Å²) in [5.41, 5.74) is 4.08. The van der Waals surface area contributed by atoms with Crippen molar-refractivity contribution in [3.8, 4) is 11.1 Å². The molecule has 150 valence electrons. The quantitative estimate of drug-likeness (QED) is 0.515. The minimum atomic E-state index is -1.27. The third-order valence-corrected chi connectivity index (χ3v) is 5.21. The van der Waals surface area contributed by atoms with Gasteiger partial charge in [-0.05, 0) is 40.8 Å². The van der Waals surface area contributed by atoms with Gasteiger partial charge >= 0.3 is 5.97 Å². The number of nitrogens with zero attached hydrogens (tertiary/aromatic N) is 1. The molecule has 30 heavy (non-hydrogen) atoms. The number of fused-ring (bicyclic) bond motifs is 1. The monoisotopic (exact) mass is 399 g/mol. The van der Waals surface area contributed by atoms with Crippen LogP contribution >= 0.6 is 0 Å². The molecule has 0 saturated carbocycles. The molecule has 2 N–H and O–H groups in total. The summed E-state index contributed by atoms with van der Waals surface area (Å²) in [5, 5.41) is 19.1. The molecule has 0 aliphatic carbocycles. The summed E-state index contributed by atoms with van der Waals surface area (Å²) < 4.78 is 1.61. The number of aliphatic hydroxyl groups excluding tert-OH is 1. The summed E-state index contributed by atoms with van der Waals surface area (Å²) in [4.78, 5) is 24.3. The van der Waals surface area contributed by atoms with Crippen LogP contribution in [0.4, 0.5) is 0 Å². The van der Waals surface area contributed by atoms with Gasteiger partial charge in [-0.25, -0.2) is 4.79 Å². The van der Waals surface area contributed by atoms with Gasteiger partial charge in [-0.15, -0.1) is 0 Å². The number of carboxylic acids is 1. The molecule has 1 aromatic heterocycles. The SMILES string of the molecule is O=C(O)c1cn(CCO)c2ccc(Cc3ccccc3-c3ccccc3)cc2c1=O. The van der Waals surface area contributed by atoms with E-state index in [0.717, 1.165) is 22.3 Å². The number of aromatic carboxylic acids is 1. The van der Waals surface area contributed by atoms with Crippen molar-refractivity contribution in [2.24, 2.45) is 0 Å². The smallest absolute Gasteiger partial charge is 0.341 e. The Kier molecular flexibility index (Phi) is 5.46. The summed E-state index contributed by atoms with van der Waals surface area (Å²) in [6.07, 6.45) is 1.91. The van der Waals surface area contributed by atoms with E-state index in [2.05, 4.69) is 24.3 Å². The minimum absolute atomic E-state index is 0.150. The van der Waals surface area contributed by atoms with Crippen LogP contribution in [-0.4, -0.2) is 27.4 Å². The van der Waals surface area contributed by atoms with Crippen molar-refractivity contribution in [1.82, 2.24) is 4.57 Å². The molecule has 4 rings (SSSR count). The number of hydrogen-bond acceptors (Lipinski definition) is 3. The second-order valence-electron chi connectivity index (χ2n) is 7.15. The summed E-state index contributed by atoms with van der Waals surface area (Å²) >= 11 is 0. The summed E-state index contributed by atoms with van der Waals surface area (Å²) in [6.45, 7) is 0.0660. The zero-order valence-corrected chi connectivity index (χ0v) is 16.3. The van der Waals surface area contributed by atoms with Gasteiger partial charge in [0.1, 0.15) is 5.56 Å². The number of carboxylic acid groups (broad SMARTS) is 1. The highest BCUT2D eigenvalue weighted by Crippen LogP contribution is 2.26. The Labute approximate surface area is 173 Å². The fraction of sp³-hybridized carbons (Fsp3) is 0.120. The Morgan fingerprint density at radius 1 is 0.933 bits per heavy atom. The molecule has 0 amide bonds. The second-order valence-corrected chi connectivity index (χ2v) is 7.15. The van der Waals surface area contributed by atoms with Gasteiger partial charge in [0, 0.05) is 18.1 Å². The molecule has 0 aliphatic rings. The maximum Gasteiger partial charge on any atom is 0.341 e. The first-order chi connectivity index (χ1) is 14.6. The van der Waals surface area contributed by atoms with Crippen molar-refractivity contribution in [3.05, 3.63) is 106 Å². The Morgan fingerprint density at radius 3 is 2.40 bits per heavy atom. The Bertz CT molecular complexity index is 1280. The first-order valence-corrected chi connectivity index (χ1v) is 9.72. The molecule has 4 aromatic rings. The molecule has 0 atom stereocenters. The van der Waals surface area contributed by atoms with E-state index < -0.39 is 11.4 Å². The van der Waals surface area contributed by atoms with Crippen molar-refractivity contribution in [1.29, 1.82) is 0 Å². The second kappa shape index (κ2) is 8.35. The van der Waals surface area contributed by atoms with Gasteiger partial charge in [0.05, 0.1) is 12.1 Å². The van der Waals surface area contributed by atoms with E-state index in [9.17, 15) is 19.8 Å². The number of aliphatic hydroxyl groups is 1. The molecule has 0 unspecified atom stereocenters. The van der Waals surface area contributed by atoms with E-state index in [1.807, 2.05) is 42.5 Å². The predicted octanol–water partition coefficient (Wildman–Crippen LogP) is 3.95. The lowest BCUT2D eigenvalue weighted by molar-refractivity contribution is 0.0694. The average molecular weight is 399 g/mol. The summed E-state index contributed by atoms with van der Waals surface area (Å²) in [7, 11) is 0. The van der Waals surface area contributed by atoms with E-state index in [0.29, 0.717) is 17.3 Å². The van der Waals surface area contributed by atoms with Crippen LogP contribution in [0.3, 0.4) is 0 Å². The first kappa shape index (κ1) is 19.6. The van der Waals surface area contributed by atoms with Crippen molar-refractivity contribution in [3.63, 3.8) is 0 Å². The zero-order chi connectivity index (χ0) is 21.1. The lowest BCUT2D eigenvalue weighted by atomic mass is 9.94. The van der Waals surface area contributed by atoms with Crippen LogP contribution in [0.2, 0.25) is 0 Å².